The Hall–Kier alpha value is -1.67. The summed E-state index contributed by atoms with van der Waals surface area (Å²) in [6.45, 7) is -1.07. The highest BCUT2D eigenvalue weighted by Gasteiger charge is 2.41. The first-order valence-electron chi connectivity index (χ1n) is 7.22. The van der Waals surface area contributed by atoms with Crippen LogP contribution in [0.25, 0.3) is 0 Å². The number of hydrogen-bond donors (Lipinski definition) is 1. The Labute approximate surface area is 131 Å². The highest BCUT2D eigenvalue weighted by atomic mass is 19.3. The lowest BCUT2D eigenvalue weighted by molar-refractivity contribution is -0.167. The maximum absolute atomic E-state index is 14.2. The minimum absolute atomic E-state index is 0.0194. The Bertz CT molecular complexity index is 560. The van der Waals surface area contributed by atoms with Crippen molar-refractivity contribution in [3.05, 3.63) is 35.5 Å². The van der Waals surface area contributed by atoms with Crippen LogP contribution in [0.3, 0.4) is 0 Å². The van der Waals surface area contributed by atoms with Crippen LogP contribution in [-0.2, 0) is 9.53 Å². The Kier molecular flexibility index (Phi) is 5.59. The van der Waals surface area contributed by atoms with Gasteiger partial charge in [-0.1, -0.05) is 0 Å². The van der Waals surface area contributed by atoms with Gasteiger partial charge in [0, 0.05) is 12.6 Å². The van der Waals surface area contributed by atoms with Gasteiger partial charge in [-0.25, -0.2) is 8.78 Å². The molecule has 3 unspecified atom stereocenters. The van der Waals surface area contributed by atoms with Gasteiger partial charge < -0.3 is 10.5 Å². The lowest BCUT2D eigenvalue weighted by atomic mass is 9.99. The van der Waals surface area contributed by atoms with Crippen LogP contribution in [0.2, 0.25) is 0 Å². The predicted octanol–water partition coefficient (Wildman–Crippen LogP) is 2.58. The van der Waals surface area contributed by atoms with E-state index in [2.05, 4.69) is 4.74 Å². The minimum Gasteiger partial charge on any atom is -0.368 e. The number of likely N-dealkylation sites (tertiary alicyclic amines) is 1. The first kappa shape index (κ1) is 17.7. The summed E-state index contributed by atoms with van der Waals surface area (Å²) in [6.07, 6.45) is 2.39. The lowest BCUT2D eigenvalue weighted by Crippen LogP contribution is -2.49. The molecule has 0 saturated carbocycles. The van der Waals surface area contributed by atoms with E-state index in [1.54, 1.807) is 6.92 Å². The fraction of sp³-hybridized carbons (Fsp3) is 0.533. The summed E-state index contributed by atoms with van der Waals surface area (Å²) in [5.41, 5.74) is 5.41. The number of nitrogens with two attached hydrogens (primary N) is 1. The van der Waals surface area contributed by atoms with Crippen molar-refractivity contribution >= 4 is 5.91 Å². The molecule has 2 rings (SSSR count). The smallest absolute Gasteiger partial charge is 0.345 e. The molecule has 0 aromatic carbocycles. The van der Waals surface area contributed by atoms with Crippen molar-refractivity contribution in [1.29, 1.82) is 0 Å². The van der Waals surface area contributed by atoms with E-state index in [9.17, 15) is 22.4 Å². The van der Waals surface area contributed by atoms with E-state index < -0.39 is 42.4 Å². The Morgan fingerprint density at radius 1 is 1.39 bits per heavy atom. The van der Waals surface area contributed by atoms with E-state index in [-0.39, 0.29) is 25.0 Å². The third-order valence-corrected chi connectivity index (χ3v) is 4.15. The zero-order chi connectivity index (χ0) is 17.1. The van der Waals surface area contributed by atoms with Crippen molar-refractivity contribution in [2.75, 3.05) is 6.54 Å². The summed E-state index contributed by atoms with van der Waals surface area (Å²) in [5, 5.41) is 0. The molecule has 128 valence electrons. The van der Waals surface area contributed by atoms with E-state index in [0.717, 1.165) is 18.2 Å². The van der Waals surface area contributed by atoms with Crippen molar-refractivity contribution in [3.8, 4) is 0 Å². The molecular weight excluding hydrogens is 316 g/mol. The van der Waals surface area contributed by atoms with Gasteiger partial charge in [-0.2, -0.15) is 8.78 Å². The molecule has 1 heterocycles. The number of halogens is 4. The second-order valence-electron chi connectivity index (χ2n) is 5.51. The number of primary amides is 1. The number of hydrogen-bond acceptors (Lipinski definition) is 3. The zero-order valence-corrected chi connectivity index (χ0v) is 12.5. The van der Waals surface area contributed by atoms with Gasteiger partial charge in [0.15, 0.2) is 0 Å². The van der Waals surface area contributed by atoms with E-state index in [4.69, 9.17) is 5.73 Å². The topological polar surface area (TPSA) is 55.6 Å². The van der Waals surface area contributed by atoms with E-state index >= 15 is 0 Å². The molecule has 0 aromatic heterocycles. The van der Waals surface area contributed by atoms with Gasteiger partial charge in [0.05, 0.1) is 6.10 Å². The molecule has 3 atom stereocenters. The van der Waals surface area contributed by atoms with Gasteiger partial charge in [0.1, 0.15) is 17.7 Å². The van der Waals surface area contributed by atoms with Crippen LogP contribution in [0.15, 0.2) is 35.5 Å². The summed E-state index contributed by atoms with van der Waals surface area (Å²) >= 11 is 0. The maximum atomic E-state index is 14.2. The number of rotatable bonds is 5. The van der Waals surface area contributed by atoms with Crippen molar-refractivity contribution in [3.63, 3.8) is 0 Å². The fourth-order valence-corrected chi connectivity index (χ4v) is 3.02. The molecule has 0 radical (unpaired) electrons. The average molecular weight is 334 g/mol. The van der Waals surface area contributed by atoms with Crippen molar-refractivity contribution in [1.82, 2.24) is 4.90 Å². The molecule has 1 fully saturated rings. The van der Waals surface area contributed by atoms with Crippen molar-refractivity contribution in [2.45, 2.75) is 44.6 Å². The number of allylic oxidation sites excluding steroid dienone is 5. The lowest BCUT2D eigenvalue weighted by Gasteiger charge is -2.32. The second kappa shape index (κ2) is 7.27. The van der Waals surface area contributed by atoms with Crippen LogP contribution in [0.5, 0.6) is 0 Å². The molecule has 23 heavy (non-hydrogen) atoms. The first-order valence-corrected chi connectivity index (χ1v) is 7.22. The van der Waals surface area contributed by atoms with Crippen LogP contribution in [0, 0.1) is 0 Å². The summed E-state index contributed by atoms with van der Waals surface area (Å²) in [7, 11) is 0. The Morgan fingerprint density at radius 3 is 2.70 bits per heavy atom. The first-order chi connectivity index (χ1) is 10.8. The monoisotopic (exact) mass is 334 g/mol. The second-order valence-corrected chi connectivity index (χ2v) is 5.51. The van der Waals surface area contributed by atoms with Crippen LogP contribution < -0.4 is 5.73 Å². The fourth-order valence-electron chi connectivity index (χ4n) is 3.02. The van der Waals surface area contributed by atoms with Gasteiger partial charge in [-0.05, 0) is 43.6 Å². The van der Waals surface area contributed by atoms with Crippen LogP contribution in [0.1, 0.15) is 19.8 Å². The highest BCUT2D eigenvalue weighted by Crippen LogP contribution is 2.31. The van der Waals surface area contributed by atoms with Crippen LogP contribution in [0.4, 0.5) is 17.6 Å². The van der Waals surface area contributed by atoms with Gasteiger partial charge in [-0.3, -0.25) is 9.69 Å². The van der Waals surface area contributed by atoms with Gasteiger partial charge >= 0.3 is 6.61 Å². The van der Waals surface area contributed by atoms with Crippen molar-refractivity contribution in [2.24, 2.45) is 5.73 Å². The third-order valence-electron chi connectivity index (χ3n) is 4.15. The number of nitrogens with zero attached hydrogens (tertiary/aromatic N) is 1. The summed E-state index contributed by atoms with van der Waals surface area (Å²) in [6, 6.07) is -1.69. The summed E-state index contributed by atoms with van der Waals surface area (Å²) in [4.78, 5) is 13.4. The molecule has 1 saturated heterocycles. The standard InChI is InChI=1S/C15H18F4N2O2/c1-8-12(23-15(18)19)6-7-21(8)13(14(20)22)10-4-2-9(16)3-5-11(10)17/h2-3,5,8,12-13,15H,4,6-7H2,1H3,(H2,20,22). The number of alkyl halides is 2. The molecule has 1 amide bonds. The van der Waals surface area contributed by atoms with Crippen LogP contribution in [-0.4, -0.2) is 42.2 Å². The van der Waals surface area contributed by atoms with Gasteiger partial charge in [0.2, 0.25) is 5.91 Å². The zero-order valence-electron chi connectivity index (χ0n) is 12.5. The van der Waals surface area contributed by atoms with Crippen molar-refractivity contribution < 1.29 is 27.1 Å². The molecule has 4 nitrogen and oxygen atoms in total. The predicted molar refractivity (Wildman–Crippen MR) is 75.7 cm³/mol. The maximum Gasteiger partial charge on any atom is 0.345 e. The molecule has 2 N–H and O–H groups in total. The van der Waals surface area contributed by atoms with E-state index in [1.807, 2.05) is 0 Å². The molecule has 8 heteroatoms. The molecular formula is C15H18F4N2O2. The van der Waals surface area contributed by atoms with Gasteiger partial charge in [-0.15, -0.1) is 0 Å². The summed E-state index contributed by atoms with van der Waals surface area (Å²) in [5.74, 6) is -2.18. The minimum atomic E-state index is -2.93. The molecule has 0 bridgehead atoms. The largest absolute Gasteiger partial charge is 0.368 e. The van der Waals surface area contributed by atoms with E-state index in [0.29, 0.717) is 0 Å². The number of carbonyl (C=O) groups excluding carboxylic acids is 1. The van der Waals surface area contributed by atoms with E-state index in [1.165, 1.54) is 4.90 Å². The number of carbonyl (C=O) groups is 1. The molecule has 0 spiro atoms. The average Bonchev–Trinajstić information content (AvgIpc) is 2.71. The number of amides is 1. The quantitative estimate of drug-likeness (QED) is 0.786. The molecule has 1 aliphatic carbocycles. The Balaban J connectivity index is 2.26. The highest BCUT2D eigenvalue weighted by molar-refractivity contribution is 5.84. The summed E-state index contributed by atoms with van der Waals surface area (Å²) < 4.78 is 56.8. The molecule has 1 aliphatic heterocycles. The Morgan fingerprint density at radius 2 is 2.09 bits per heavy atom. The SMILES string of the molecule is CC1C(OC(F)F)CCN1C(C(N)=O)C1=C(F)C=CC(F)=CC1. The van der Waals surface area contributed by atoms with Crippen LogP contribution >= 0.6 is 0 Å². The molecule has 0 aromatic rings. The number of ether oxygens (including phenoxy) is 1. The van der Waals surface area contributed by atoms with Gasteiger partial charge in [0.25, 0.3) is 0 Å². The molecule has 2 aliphatic rings. The third kappa shape index (κ3) is 4.00. The normalized spacial score (nSPS) is 27.3.